The highest BCUT2D eigenvalue weighted by Crippen LogP contribution is 2.48. The van der Waals surface area contributed by atoms with Gasteiger partial charge in [0.25, 0.3) is 10.2 Å². The molecule has 1 unspecified atom stereocenters. The highest BCUT2D eigenvalue weighted by molar-refractivity contribution is 7.87. The van der Waals surface area contributed by atoms with Gasteiger partial charge in [-0.05, 0) is 66.1 Å². The second-order valence-corrected chi connectivity index (χ2v) is 10.0. The van der Waals surface area contributed by atoms with Crippen molar-refractivity contribution < 1.29 is 39.9 Å². The SMILES string of the molecule is O=S(=O)(NCC1CC(c2c(-c3ccc(F)cc3)[nH]c3c(F)cc(F)cc23)C1)NC(CO)C(F)(F)F. The van der Waals surface area contributed by atoms with E-state index in [4.69, 9.17) is 5.11 Å². The van der Waals surface area contributed by atoms with Gasteiger partial charge in [-0.25, -0.2) is 17.9 Å². The van der Waals surface area contributed by atoms with Crippen LogP contribution in [0.15, 0.2) is 36.4 Å². The first-order valence-corrected chi connectivity index (χ1v) is 12.1. The number of rotatable bonds is 8. The second kappa shape index (κ2) is 9.45. The molecule has 3 aromatic rings. The molecule has 0 radical (unpaired) electrons. The summed E-state index contributed by atoms with van der Waals surface area (Å²) in [4.78, 5) is 2.94. The third-order valence-electron chi connectivity index (χ3n) is 6.08. The minimum Gasteiger partial charge on any atom is -0.394 e. The number of fused-ring (bicyclic) bond motifs is 1. The van der Waals surface area contributed by atoms with Gasteiger partial charge in [0, 0.05) is 18.0 Å². The number of halogens is 6. The van der Waals surface area contributed by atoms with Crippen molar-refractivity contribution in [2.24, 2.45) is 5.92 Å². The first-order valence-electron chi connectivity index (χ1n) is 10.6. The van der Waals surface area contributed by atoms with E-state index in [0.29, 0.717) is 35.0 Å². The lowest BCUT2D eigenvalue weighted by Gasteiger charge is -2.36. The topological polar surface area (TPSA) is 94.2 Å². The van der Waals surface area contributed by atoms with Crippen LogP contribution in [-0.4, -0.2) is 43.9 Å². The Morgan fingerprint density at radius 1 is 1.06 bits per heavy atom. The Morgan fingerprint density at radius 3 is 2.31 bits per heavy atom. The summed E-state index contributed by atoms with van der Waals surface area (Å²) in [6.07, 6.45) is -4.17. The van der Waals surface area contributed by atoms with Crippen LogP contribution in [0.25, 0.3) is 22.2 Å². The molecule has 190 valence electrons. The average molecular weight is 521 g/mol. The number of aliphatic hydroxyl groups is 1. The maximum Gasteiger partial charge on any atom is 0.407 e. The lowest BCUT2D eigenvalue weighted by atomic mass is 9.70. The van der Waals surface area contributed by atoms with Gasteiger partial charge in [0.15, 0.2) is 0 Å². The first kappa shape index (κ1) is 25.5. The molecule has 6 nitrogen and oxygen atoms in total. The van der Waals surface area contributed by atoms with Crippen LogP contribution in [-0.2, 0) is 10.2 Å². The third kappa shape index (κ3) is 5.47. The summed E-state index contributed by atoms with van der Waals surface area (Å²) in [5, 5.41) is 9.12. The summed E-state index contributed by atoms with van der Waals surface area (Å²) in [6, 6.07) is 4.73. The van der Waals surface area contributed by atoms with Crippen molar-refractivity contribution in [3.63, 3.8) is 0 Å². The molecule has 0 spiro atoms. The van der Waals surface area contributed by atoms with E-state index < -0.39 is 46.5 Å². The van der Waals surface area contributed by atoms with Gasteiger partial charge in [-0.3, -0.25) is 0 Å². The highest BCUT2D eigenvalue weighted by Gasteiger charge is 2.42. The zero-order chi connectivity index (χ0) is 25.5. The van der Waals surface area contributed by atoms with Gasteiger partial charge in [0.2, 0.25) is 0 Å². The molecule has 1 heterocycles. The zero-order valence-corrected chi connectivity index (χ0v) is 18.8. The second-order valence-electron chi connectivity index (χ2n) is 8.51. The quantitative estimate of drug-likeness (QED) is 0.337. The lowest BCUT2D eigenvalue weighted by Crippen LogP contribution is -2.52. The van der Waals surface area contributed by atoms with Crippen LogP contribution in [0.2, 0.25) is 0 Å². The lowest BCUT2D eigenvalue weighted by molar-refractivity contribution is -0.159. The predicted molar refractivity (Wildman–Crippen MR) is 116 cm³/mol. The van der Waals surface area contributed by atoms with Gasteiger partial charge in [-0.15, -0.1) is 0 Å². The van der Waals surface area contributed by atoms with Gasteiger partial charge in [0.05, 0.1) is 17.8 Å². The third-order valence-corrected chi connectivity index (χ3v) is 7.22. The number of nitrogens with one attached hydrogen (secondary N) is 3. The van der Waals surface area contributed by atoms with Crippen molar-refractivity contribution in [2.75, 3.05) is 13.2 Å². The Balaban J connectivity index is 1.52. The monoisotopic (exact) mass is 521 g/mol. The Bertz CT molecular complexity index is 1320. The summed E-state index contributed by atoms with van der Waals surface area (Å²) in [5.74, 6) is -2.53. The summed E-state index contributed by atoms with van der Waals surface area (Å²) in [5.41, 5.74) is 1.70. The van der Waals surface area contributed by atoms with Crippen LogP contribution in [0.4, 0.5) is 26.3 Å². The number of aromatic amines is 1. The molecule has 0 bridgehead atoms. The van der Waals surface area contributed by atoms with Gasteiger partial charge in [0.1, 0.15) is 23.5 Å². The molecule has 35 heavy (non-hydrogen) atoms. The van der Waals surface area contributed by atoms with E-state index >= 15 is 0 Å². The molecule has 2 aromatic carbocycles. The van der Waals surface area contributed by atoms with Crippen molar-refractivity contribution in [3.05, 3.63) is 59.4 Å². The van der Waals surface area contributed by atoms with Crippen molar-refractivity contribution in [1.29, 1.82) is 0 Å². The first-order chi connectivity index (χ1) is 16.4. The summed E-state index contributed by atoms with van der Waals surface area (Å²) in [6.45, 7) is -1.62. The Hall–Kier alpha value is -2.61. The molecular weight excluding hydrogens is 500 g/mol. The molecular formula is C22H21F6N3O3S. The fraction of sp³-hybridized carbons (Fsp3) is 0.364. The smallest absolute Gasteiger partial charge is 0.394 e. The fourth-order valence-corrected chi connectivity index (χ4v) is 5.43. The van der Waals surface area contributed by atoms with Crippen molar-refractivity contribution in [1.82, 2.24) is 14.4 Å². The molecule has 0 amide bonds. The zero-order valence-electron chi connectivity index (χ0n) is 18.0. The average Bonchev–Trinajstić information content (AvgIpc) is 3.10. The van der Waals surface area contributed by atoms with Crippen molar-refractivity contribution in [3.8, 4) is 11.3 Å². The molecule has 1 fully saturated rings. The molecule has 1 aliphatic rings. The van der Waals surface area contributed by atoms with Crippen LogP contribution >= 0.6 is 0 Å². The normalized spacial score (nSPS) is 19.6. The van der Waals surface area contributed by atoms with Crippen molar-refractivity contribution in [2.45, 2.75) is 31.0 Å². The highest BCUT2D eigenvalue weighted by atomic mass is 32.2. The Kier molecular flexibility index (Phi) is 6.88. The molecule has 1 aliphatic carbocycles. The van der Waals surface area contributed by atoms with Crippen LogP contribution in [0, 0.1) is 23.4 Å². The molecule has 1 atom stereocenters. The molecule has 1 aromatic heterocycles. The molecule has 1 saturated carbocycles. The minimum absolute atomic E-state index is 0.0799. The van der Waals surface area contributed by atoms with Crippen molar-refractivity contribution >= 4 is 21.1 Å². The number of alkyl halides is 3. The number of hydrogen-bond acceptors (Lipinski definition) is 3. The largest absolute Gasteiger partial charge is 0.407 e. The van der Waals surface area contributed by atoms with E-state index in [9.17, 15) is 34.8 Å². The summed E-state index contributed by atoms with van der Waals surface area (Å²) < 4.78 is 107. The van der Waals surface area contributed by atoms with Crippen LogP contribution in [0.1, 0.15) is 24.3 Å². The van der Waals surface area contributed by atoms with E-state index in [1.54, 1.807) is 0 Å². The van der Waals surface area contributed by atoms with Crippen LogP contribution < -0.4 is 9.44 Å². The number of benzene rings is 2. The maximum atomic E-state index is 14.4. The molecule has 4 N–H and O–H groups in total. The number of hydrogen-bond donors (Lipinski definition) is 4. The fourth-order valence-electron chi connectivity index (χ4n) is 4.31. The Labute approximate surface area is 196 Å². The van der Waals surface area contributed by atoms with Gasteiger partial charge < -0.3 is 10.1 Å². The maximum absolute atomic E-state index is 14.4. The number of aliphatic hydroxyl groups excluding tert-OH is 1. The summed E-state index contributed by atoms with van der Waals surface area (Å²) in [7, 11) is -4.54. The van der Waals surface area contributed by atoms with E-state index in [0.717, 1.165) is 6.07 Å². The molecule has 0 saturated heterocycles. The van der Waals surface area contributed by atoms with E-state index in [-0.39, 0.29) is 23.9 Å². The Morgan fingerprint density at radius 2 is 1.71 bits per heavy atom. The standard InChI is InChI=1S/C22H21F6N3O3S/c23-14-3-1-12(2-4-14)20-19(16-7-15(24)8-17(25)21(16)30-20)13-5-11(6-13)9-29-35(33,34)31-18(10-32)22(26,27)28/h1-4,7-8,11,13,18,29-32H,5-6,9-10H2. The number of aromatic nitrogens is 1. The summed E-state index contributed by atoms with van der Waals surface area (Å²) >= 11 is 0. The van der Waals surface area contributed by atoms with Crippen LogP contribution in [0.5, 0.6) is 0 Å². The van der Waals surface area contributed by atoms with E-state index in [1.165, 1.54) is 35.1 Å². The van der Waals surface area contributed by atoms with Gasteiger partial charge in [-0.1, -0.05) is 0 Å². The molecule has 13 heteroatoms. The predicted octanol–water partition coefficient (Wildman–Crippen LogP) is 4.09. The van der Waals surface area contributed by atoms with E-state index in [1.807, 2.05) is 0 Å². The van der Waals surface area contributed by atoms with Gasteiger partial charge >= 0.3 is 6.18 Å². The van der Waals surface area contributed by atoms with E-state index in [2.05, 4.69) is 9.71 Å². The minimum atomic E-state index is -4.96. The van der Waals surface area contributed by atoms with Crippen LogP contribution in [0.3, 0.4) is 0 Å². The molecule has 0 aliphatic heterocycles. The molecule has 4 rings (SSSR count). The number of H-pyrrole nitrogens is 1. The van der Waals surface area contributed by atoms with Gasteiger partial charge in [-0.2, -0.15) is 26.3 Å².